The number of halogens is 1. The van der Waals surface area contributed by atoms with E-state index in [-0.39, 0.29) is 17.9 Å². The van der Waals surface area contributed by atoms with Gasteiger partial charge in [0.25, 0.3) is 0 Å². The lowest BCUT2D eigenvalue weighted by Crippen LogP contribution is -2.22. The van der Waals surface area contributed by atoms with Crippen molar-refractivity contribution in [1.29, 1.82) is 0 Å². The summed E-state index contributed by atoms with van der Waals surface area (Å²) in [5, 5.41) is 7.91. The maximum absolute atomic E-state index is 13.0. The van der Waals surface area contributed by atoms with Gasteiger partial charge in [0.1, 0.15) is 11.9 Å². The predicted molar refractivity (Wildman–Crippen MR) is 77.9 cm³/mol. The van der Waals surface area contributed by atoms with Gasteiger partial charge in [0.2, 0.25) is 0 Å². The number of nitrogens with zero attached hydrogens (tertiary/aromatic N) is 3. The van der Waals surface area contributed by atoms with Gasteiger partial charge in [0, 0.05) is 19.0 Å². The second-order valence-corrected chi connectivity index (χ2v) is 4.96. The molecule has 5 heteroatoms. The van der Waals surface area contributed by atoms with Gasteiger partial charge in [-0.1, -0.05) is 35.4 Å². The SMILES string of the molecule is CN1C(=O)N=NC(Cc2ccc(F)cc2)c2ccccc21. The summed E-state index contributed by atoms with van der Waals surface area (Å²) < 4.78 is 13.0. The molecule has 0 saturated heterocycles. The molecule has 0 fully saturated rings. The molecule has 1 aliphatic rings. The Morgan fingerprint density at radius 2 is 1.86 bits per heavy atom. The molecule has 3 rings (SSSR count). The Morgan fingerprint density at radius 1 is 1.14 bits per heavy atom. The molecule has 2 aromatic rings. The van der Waals surface area contributed by atoms with Gasteiger partial charge in [-0.2, -0.15) is 5.11 Å². The lowest BCUT2D eigenvalue weighted by Gasteiger charge is -2.18. The molecule has 4 nitrogen and oxygen atoms in total. The van der Waals surface area contributed by atoms with E-state index in [4.69, 9.17) is 0 Å². The van der Waals surface area contributed by atoms with Gasteiger partial charge in [0.05, 0.1) is 5.69 Å². The molecule has 0 bridgehead atoms. The van der Waals surface area contributed by atoms with Gasteiger partial charge in [-0.05, 0) is 23.8 Å². The number of hydrogen-bond donors (Lipinski definition) is 0. The molecule has 0 aromatic heterocycles. The van der Waals surface area contributed by atoms with Crippen LogP contribution in [0, 0.1) is 5.82 Å². The lowest BCUT2D eigenvalue weighted by molar-refractivity contribution is 0.254. The summed E-state index contributed by atoms with van der Waals surface area (Å²) in [6, 6.07) is 13.3. The summed E-state index contributed by atoms with van der Waals surface area (Å²) in [6.07, 6.45) is 0.571. The van der Waals surface area contributed by atoms with Gasteiger partial charge in [-0.15, -0.1) is 0 Å². The largest absolute Gasteiger partial charge is 0.366 e. The van der Waals surface area contributed by atoms with Gasteiger partial charge < -0.3 is 0 Å². The van der Waals surface area contributed by atoms with Crippen LogP contribution in [0.3, 0.4) is 0 Å². The van der Waals surface area contributed by atoms with Crippen molar-refractivity contribution >= 4 is 11.7 Å². The highest BCUT2D eigenvalue weighted by molar-refractivity contribution is 5.93. The minimum Gasteiger partial charge on any atom is -0.294 e. The first-order valence-electron chi connectivity index (χ1n) is 6.67. The van der Waals surface area contributed by atoms with Crippen LogP contribution >= 0.6 is 0 Å². The minimum absolute atomic E-state index is 0.249. The molecule has 2 aromatic carbocycles. The summed E-state index contributed by atoms with van der Waals surface area (Å²) in [4.78, 5) is 13.3. The van der Waals surface area contributed by atoms with Crippen molar-refractivity contribution in [3.8, 4) is 0 Å². The normalized spacial score (nSPS) is 17.5. The predicted octanol–water partition coefficient (Wildman–Crippen LogP) is 4.13. The monoisotopic (exact) mass is 283 g/mol. The maximum Gasteiger partial charge on any atom is 0.366 e. The Bertz CT molecular complexity index is 697. The van der Waals surface area contributed by atoms with E-state index in [1.165, 1.54) is 17.0 Å². The number of urea groups is 1. The average Bonchev–Trinajstić information content (AvgIpc) is 2.62. The third-order valence-corrected chi connectivity index (χ3v) is 3.57. The van der Waals surface area contributed by atoms with Crippen LogP contribution in [-0.2, 0) is 6.42 Å². The van der Waals surface area contributed by atoms with E-state index < -0.39 is 0 Å². The van der Waals surface area contributed by atoms with E-state index >= 15 is 0 Å². The molecular formula is C16H14FN3O. The fraction of sp³-hybridized carbons (Fsp3) is 0.188. The molecular weight excluding hydrogens is 269 g/mol. The van der Waals surface area contributed by atoms with Gasteiger partial charge >= 0.3 is 6.03 Å². The van der Waals surface area contributed by atoms with E-state index in [1.54, 1.807) is 19.2 Å². The van der Waals surface area contributed by atoms with Crippen LogP contribution in [0.1, 0.15) is 17.2 Å². The van der Waals surface area contributed by atoms with E-state index in [2.05, 4.69) is 10.2 Å². The summed E-state index contributed by atoms with van der Waals surface area (Å²) in [5.74, 6) is -0.267. The van der Waals surface area contributed by atoms with Crippen molar-refractivity contribution in [3.63, 3.8) is 0 Å². The van der Waals surface area contributed by atoms with Gasteiger partial charge in [-0.3, -0.25) is 4.90 Å². The Balaban J connectivity index is 1.97. The van der Waals surface area contributed by atoms with Crippen molar-refractivity contribution in [2.75, 3.05) is 11.9 Å². The molecule has 1 aliphatic heterocycles. The second kappa shape index (κ2) is 5.44. The number of hydrogen-bond acceptors (Lipinski definition) is 2. The fourth-order valence-electron chi connectivity index (χ4n) is 2.42. The molecule has 1 atom stereocenters. The smallest absolute Gasteiger partial charge is 0.294 e. The maximum atomic E-state index is 13.0. The Morgan fingerprint density at radius 3 is 2.62 bits per heavy atom. The third kappa shape index (κ3) is 2.67. The highest BCUT2D eigenvalue weighted by atomic mass is 19.1. The summed E-state index contributed by atoms with van der Waals surface area (Å²) in [6.45, 7) is 0. The standard InChI is InChI=1S/C16H14FN3O/c1-20-15-5-3-2-4-13(15)14(18-19-16(20)21)10-11-6-8-12(17)9-7-11/h2-9,14H,10H2,1H3. The van der Waals surface area contributed by atoms with E-state index in [9.17, 15) is 9.18 Å². The Hall–Kier alpha value is -2.56. The number of rotatable bonds is 2. The number of carbonyl (C=O) groups excluding carboxylic acids is 1. The molecule has 0 aliphatic carbocycles. The van der Waals surface area contributed by atoms with Gasteiger partial charge in [0.15, 0.2) is 0 Å². The van der Waals surface area contributed by atoms with E-state index in [0.29, 0.717) is 6.42 Å². The molecule has 106 valence electrons. The first-order chi connectivity index (χ1) is 10.1. The zero-order valence-electron chi connectivity index (χ0n) is 11.5. The number of fused-ring (bicyclic) bond motifs is 1. The second-order valence-electron chi connectivity index (χ2n) is 4.96. The van der Waals surface area contributed by atoms with Crippen LogP contribution in [-0.4, -0.2) is 13.1 Å². The number of amides is 2. The molecule has 0 saturated carbocycles. The zero-order valence-corrected chi connectivity index (χ0v) is 11.5. The molecule has 21 heavy (non-hydrogen) atoms. The third-order valence-electron chi connectivity index (χ3n) is 3.57. The molecule has 2 amide bonds. The van der Waals surface area contributed by atoms with Crippen LogP contribution in [0.4, 0.5) is 14.9 Å². The van der Waals surface area contributed by atoms with Crippen LogP contribution < -0.4 is 4.90 Å². The Kier molecular flexibility index (Phi) is 3.48. The fourth-order valence-corrected chi connectivity index (χ4v) is 2.42. The molecule has 0 N–H and O–H groups in total. The van der Waals surface area contributed by atoms with Crippen molar-refractivity contribution in [2.24, 2.45) is 10.2 Å². The first kappa shape index (κ1) is 13.4. The quantitative estimate of drug-likeness (QED) is 0.817. The highest BCUT2D eigenvalue weighted by Gasteiger charge is 2.24. The van der Waals surface area contributed by atoms with E-state index in [1.807, 2.05) is 24.3 Å². The molecule has 1 unspecified atom stereocenters. The Labute approximate surface area is 121 Å². The number of carbonyl (C=O) groups is 1. The van der Waals surface area contributed by atoms with Crippen molar-refractivity contribution in [1.82, 2.24) is 0 Å². The van der Waals surface area contributed by atoms with Crippen LogP contribution in [0.2, 0.25) is 0 Å². The first-order valence-corrected chi connectivity index (χ1v) is 6.67. The summed E-state index contributed by atoms with van der Waals surface area (Å²) in [5.41, 5.74) is 2.70. The van der Waals surface area contributed by atoms with Crippen LogP contribution in [0.15, 0.2) is 58.8 Å². The number of anilines is 1. The van der Waals surface area contributed by atoms with Gasteiger partial charge in [-0.25, -0.2) is 9.18 Å². The molecule has 0 spiro atoms. The highest BCUT2D eigenvalue weighted by Crippen LogP contribution is 2.33. The average molecular weight is 283 g/mol. The lowest BCUT2D eigenvalue weighted by atomic mass is 9.98. The van der Waals surface area contributed by atoms with Crippen molar-refractivity contribution in [3.05, 3.63) is 65.5 Å². The summed E-state index contributed by atoms with van der Waals surface area (Å²) in [7, 11) is 1.68. The van der Waals surface area contributed by atoms with Crippen molar-refractivity contribution < 1.29 is 9.18 Å². The molecule has 1 heterocycles. The van der Waals surface area contributed by atoms with Crippen LogP contribution in [0.5, 0.6) is 0 Å². The van der Waals surface area contributed by atoms with Crippen LogP contribution in [0.25, 0.3) is 0 Å². The zero-order chi connectivity index (χ0) is 14.8. The molecule has 0 radical (unpaired) electrons. The number of benzene rings is 2. The van der Waals surface area contributed by atoms with E-state index in [0.717, 1.165) is 16.8 Å². The number of para-hydroxylation sites is 1. The van der Waals surface area contributed by atoms with Crippen molar-refractivity contribution in [2.45, 2.75) is 12.5 Å². The summed E-state index contributed by atoms with van der Waals surface area (Å²) >= 11 is 0. The topological polar surface area (TPSA) is 45.0 Å². The number of azo groups is 1. The minimum atomic E-state index is -0.385.